The summed E-state index contributed by atoms with van der Waals surface area (Å²) in [5.41, 5.74) is 4.62. The molecule has 5 heteroatoms. The highest BCUT2D eigenvalue weighted by molar-refractivity contribution is 5.67. The van der Waals surface area contributed by atoms with E-state index in [-0.39, 0.29) is 0 Å². The lowest BCUT2D eigenvalue weighted by molar-refractivity contribution is 0.312. The maximum Gasteiger partial charge on any atom is 0.163 e. The second-order valence-electron chi connectivity index (χ2n) is 7.46. The number of aryl methyl sites for hydroxylation is 1. The minimum absolute atomic E-state index is 0.754. The van der Waals surface area contributed by atoms with Crippen molar-refractivity contribution in [2.24, 2.45) is 0 Å². The van der Waals surface area contributed by atoms with Gasteiger partial charge >= 0.3 is 0 Å². The van der Waals surface area contributed by atoms with Gasteiger partial charge in [-0.1, -0.05) is 42.5 Å². The van der Waals surface area contributed by atoms with E-state index in [4.69, 9.17) is 9.97 Å². The molecule has 0 saturated carbocycles. The second kappa shape index (κ2) is 7.98. The van der Waals surface area contributed by atoms with E-state index in [0.717, 1.165) is 54.9 Å². The largest absolute Gasteiger partial charge is 0.354 e. The minimum Gasteiger partial charge on any atom is -0.354 e. The van der Waals surface area contributed by atoms with Crippen molar-refractivity contribution < 1.29 is 0 Å². The lowest BCUT2D eigenvalue weighted by atomic mass is 10.1. The average molecular weight is 374 g/mol. The van der Waals surface area contributed by atoms with Crippen molar-refractivity contribution in [1.29, 1.82) is 0 Å². The summed E-state index contributed by atoms with van der Waals surface area (Å²) in [5.74, 6) is 2.57. The normalized spacial score (nSPS) is 14.9. The summed E-state index contributed by atoms with van der Waals surface area (Å²) < 4.78 is 0. The average Bonchev–Trinajstić information content (AvgIpc) is 2.72. The standard InChI is InChI=1S/C23H27N5/c1-17-8-7-11-20(18(17)2)24-21-16-22(28-14-12-27(3)13-15-28)26-23(25-21)19-9-5-4-6-10-19/h4-11,16H,12-15H2,1-3H3,(H,24,25,26). The van der Waals surface area contributed by atoms with Gasteiger partial charge in [-0.05, 0) is 38.1 Å². The summed E-state index contributed by atoms with van der Waals surface area (Å²) in [7, 11) is 2.17. The van der Waals surface area contributed by atoms with E-state index >= 15 is 0 Å². The fraction of sp³-hybridized carbons (Fsp3) is 0.304. The van der Waals surface area contributed by atoms with E-state index in [1.807, 2.05) is 18.2 Å². The number of aromatic nitrogens is 2. The molecule has 0 aliphatic carbocycles. The maximum atomic E-state index is 4.89. The number of piperazine rings is 1. The highest BCUT2D eigenvalue weighted by Gasteiger charge is 2.18. The monoisotopic (exact) mass is 373 g/mol. The number of hydrogen-bond donors (Lipinski definition) is 1. The minimum atomic E-state index is 0.754. The van der Waals surface area contributed by atoms with E-state index in [1.165, 1.54) is 11.1 Å². The number of likely N-dealkylation sites (N-methyl/N-ethyl adjacent to an activating group) is 1. The summed E-state index contributed by atoms with van der Waals surface area (Å²) in [6.45, 7) is 8.31. The van der Waals surface area contributed by atoms with Crippen LogP contribution in [0.15, 0.2) is 54.6 Å². The third-order valence-electron chi connectivity index (χ3n) is 5.44. The first-order chi connectivity index (χ1) is 13.6. The van der Waals surface area contributed by atoms with Crippen LogP contribution in [0.1, 0.15) is 11.1 Å². The van der Waals surface area contributed by atoms with Crippen LogP contribution in [0.25, 0.3) is 11.4 Å². The molecule has 4 rings (SSSR count). The zero-order valence-electron chi connectivity index (χ0n) is 16.8. The zero-order chi connectivity index (χ0) is 19.5. The molecule has 0 spiro atoms. The van der Waals surface area contributed by atoms with Crippen LogP contribution in [-0.4, -0.2) is 48.1 Å². The van der Waals surface area contributed by atoms with E-state index in [2.05, 4.69) is 72.4 Å². The third-order valence-corrected chi connectivity index (χ3v) is 5.44. The van der Waals surface area contributed by atoms with Crippen LogP contribution < -0.4 is 10.2 Å². The Morgan fingerprint density at radius 1 is 0.857 bits per heavy atom. The molecule has 1 N–H and O–H groups in total. The van der Waals surface area contributed by atoms with Crippen LogP contribution in [0.5, 0.6) is 0 Å². The summed E-state index contributed by atoms with van der Waals surface area (Å²) in [4.78, 5) is 14.4. The number of anilines is 3. The van der Waals surface area contributed by atoms with Crippen molar-refractivity contribution in [3.05, 3.63) is 65.7 Å². The van der Waals surface area contributed by atoms with E-state index in [9.17, 15) is 0 Å². The predicted molar refractivity (Wildman–Crippen MR) is 116 cm³/mol. The summed E-state index contributed by atoms with van der Waals surface area (Å²) in [6, 6.07) is 18.6. The van der Waals surface area contributed by atoms with Gasteiger partial charge in [0, 0.05) is 43.5 Å². The topological polar surface area (TPSA) is 44.3 Å². The molecule has 0 bridgehead atoms. The molecule has 1 fully saturated rings. The molecule has 2 heterocycles. The number of benzene rings is 2. The van der Waals surface area contributed by atoms with Gasteiger partial charge in [0.1, 0.15) is 11.6 Å². The Morgan fingerprint density at radius 2 is 1.61 bits per heavy atom. The Kier molecular flexibility index (Phi) is 5.26. The van der Waals surface area contributed by atoms with Crippen LogP contribution in [-0.2, 0) is 0 Å². The Hall–Kier alpha value is -2.92. The quantitative estimate of drug-likeness (QED) is 0.740. The van der Waals surface area contributed by atoms with Crippen LogP contribution in [0.2, 0.25) is 0 Å². The van der Waals surface area contributed by atoms with Gasteiger partial charge in [0.25, 0.3) is 0 Å². The fourth-order valence-electron chi connectivity index (χ4n) is 3.44. The zero-order valence-corrected chi connectivity index (χ0v) is 16.8. The van der Waals surface area contributed by atoms with Gasteiger partial charge < -0.3 is 15.1 Å². The van der Waals surface area contributed by atoms with Crippen molar-refractivity contribution in [3.8, 4) is 11.4 Å². The van der Waals surface area contributed by atoms with Crippen LogP contribution in [0.3, 0.4) is 0 Å². The number of rotatable bonds is 4. The Bertz CT molecular complexity index is 946. The predicted octanol–water partition coefficient (Wildman–Crippen LogP) is 4.26. The highest BCUT2D eigenvalue weighted by atomic mass is 15.3. The second-order valence-corrected chi connectivity index (χ2v) is 7.46. The molecule has 3 aromatic rings. The highest BCUT2D eigenvalue weighted by Crippen LogP contribution is 2.27. The number of hydrogen-bond acceptors (Lipinski definition) is 5. The Morgan fingerprint density at radius 3 is 2.36 bits per heavy atom. The molecule has 1 saturated heterocycles. The SMILES string of the molecule is Cc1cccc(Nc2cc(N3CCN(C)CC3)nc(-c3ccccc3)n2)c1C. The van der Waals surface area contributed by atoms with E-state index < -0.39 is 0 Å². The molecule has 0 atom stereocenters. The fourth-order valence-corrected chi connectivity index (χ4v) is 3.44. The first kappa shape index (κ1) is 18.4. The lowest BCUT2D eigenvalue weighted by Gasteiger charge is -2.33. The van der Waals surface area contributed by atoms with Gasteiger partial charge in [0.2, 0.25) is 0 Å². The smallest absolute Gasteiger partial charge is 0.163 e. The van der Waals surface area contributed by atoms with E-state index in [1.54, 1.807) is 0 Å². The van der Waals surface area contributed by atoms with Crippen molar-refractivity contribution in [1.82, 2.24) is 14.9 Å². The molecule has 5 nitrogen and oxygen atoms in total. The summed E-state index contributed by atoms with van der Waals surface area (Å²) in [5, 5.41) is 3.52. The number of nitrogens with one attached hydrogen (secondary N) is 1. The van der Waals surface area contributed by atoms with Crippen LogP contribution in [0, 0.1) is 13.8 Å². The van der Waals surface area contributed by atoms with Gasteiger partial charge in [0.15, 0.2) is 5.82 Å². The van der Waals surface area contributed by atoms with Gasteiger partial charge in [-0.15, -0.1) is 0 Å². The van der Waals surface area contributed by atoms with Crippen LogP contribution in [0.4, 0.5) is 17.3 Å². The van der Waals surface area contributed by atoms with Gasteiger partial charge in [-0.3, -0.25) is 0 Å². The first-order valence-electron chi connectivity index (χ1n) is 9.81. The van der Waals surface area contributed by atoms with Crippen LogP contribution >= 0.6 is 0 Å². The molecule has 144 valence electrons. The maximum absolute atomic E-state index is 4.89. The molecule has 28 heavy (non-hydrogen) atoms. The lowest BCUT2D eigenvalue weighted by Crippen LogP contribution is -2.44. The molecule has 1 aliphatic rings. The number of nitrogens with zero attached hydrogens (tertiary/aromatic N) is 4. The van der Waals surface area contributed by atoms with Crippen molar-refractivity contribution in [3.63, 3.8) is 0 Å². The molecule has 1 aromatic heterocycles. The van der Waals surface area contributed by atoms with Gasteiger partial charge in [-0.25, -0.2) is 9.97 Å². The van der Waals surface area contributed by atoms with Crippen molar-refractivity contribution >= 4 is 17.3 Å². The van der Waals surface area contributed by atoms with Gasteiger partial charge in [-0.2, -0.15) is 0 Å². The Balaban J connectivity index is 1.72. The molecule has 0 amide bonds. The molecular weight excluding hydrogens is 346 g/mol. The van der Waals surface area contributed by atoms with Crippen molar-refractivity contribution in [2.75, 3.05) is 43.4 Å². The van der Waals surface area contributed by atoms with Crippen molar-refractivity contribution in [2.45, 2.75) is 13.8 Å². The molecular formula is C23H27N5. The molecule has 1 aliphatic heterocycles. The molecule has 0 radical (unpaired) electrons. The summed E-state index contributed by atoms with van der Waals surface area (Å²) in [6.07, 6.45) is 0. The van der Waals surface area contributed by atoms with E-state index in [0.29, 0.717) is 0 Å². The summed E-state index contributed by atoms with van der Waals surface area (Å²) >= 11 is 0. The molecule has 2 aromatic carbocycles. The third kappa shape index (κ3) is 3.99. The first-order valence-corrected chi connectivity index (χ1v) is 9.81. The van der Waals surface area contributed by atoms with Gasteiger partial charge in [0.05, 0.1) is 0 Å². The molecule has 0 unspecified atom stereocenters. The Labute approximate surface area is 167 Å².